The molecule has 1 aliphatic heterocycles. The number of hydrogen-bond acceptors (Lipinski definition) is 6. The SMILES string of the molecule is C#CCC(NC(=O)c1ccc(-c2c3ccc(=O)cc-3oc3cc(O)ccc23)c(C(=O)O)c1)C(=O)O. The molecule has 1 heterocycles. The number of rotatable bonds is 6. The number of terminal acetylenes is 1. The maximum Gasteiger partial charge on any atom is 0.336 e. The summed E-state index contributed by atoms with van der Waals surface area (Å²) in [6.45, 7) is 0. The number of hydrogen-bond donors (Lipinski definition) is 4. The Labute approximate surface area is 197 Å². The van der Waals surface area contributed by atoms with E-state index in [-0.39, 0.29) is 45.6 Å². The van der Waals surface area contributed by atoms with Gasteiger partial charge in [-0.2, -0.15) is 0 Å². The summed E-state index contributed by atoms with van der Waals surface area (Å²) in [5.41, 5.74) is 0.663. The van der Waals surface area contributed by atoms with Crippen LogP contribution >= 0.6 is 0 Å². The molecule has 0 bridgehead atoms. The van der Waals surface area contributed by atoms with Crippen molar-refractivity contribution in [2.75, 3.05) is 0 Å². The molecule has 1 unspecified atom stereocenters. The molecule has 4 N–H and O–H groups in total. The highest BCUT2D eigenvalue weighted by atomic mass is 16.4. The highest BCUT2D eigenvalue weighted by Gasteiger charge is 2.24. The van der Waals surface area contributed by atoms with Gasteiger partial charge in [0.15, 0.2) is 5.43 Å². The van der Waals surface area contributed by atoms with Crippen molar-refractivity contribution in [3.05, 3.63) is 75.9 Å². The fourth-order valence-corrected chi connectivity index (χ4v) is 3.79. The Balaban J connectivity index is 1.92. The summed E-state index contributed by atoms with van der Waals surface area (Å²) in [6.07, 6.45) is 4.91. The Bertz CT molecular complexity index is 1580. The van der Waals surface area contributed by atoms with Gasteiger partial charge in [0.1, 0.15) is 23.1 Å². The van der Waals surface area contributed by atoms with E-state index < -0.39 is 23.9 Å². The number of aromatic carboxylic acids is 1. The van der Waals surface area contributed by atoms with Crippen molar-refractivity contribution in [3.63, 3.8) is 0 Å². The minimum atomic E-state index is -1.34. The van der Waals surface area contributed by atoms with Crippen LogP contribution in [0.15, 0.2) is 63.8 Å². The number of aromatic hydroxyl groups is 1. The van der Waals surface area contributed by atoms with Gasteiger partial charge in [-0.05, 0) is 42.0 Å². The Morgan fingerprint density at radius 2 is 1.74 bits per heavy atom. The summed E-state index contributed by atoms with van der Waals surface area (Å²) in [5.74, 6) is -1.20. The molecule has 0 fully saturated rings. The zero-order valence-corrected chi connectivity index (χ0v) is 17.9. The number of carbonyl (C=O) groups excluding carboxylic acids is 1. The van der Waals surface area contributed by atoms with Gasteiger partial charge in [-0.25, -0.2) is 9.59 Å². The van der Waals surface area contributed by atoms with Crippen molar-refractivity contribution in [1.82, 2.24) is 5.32 Å². The topological polar surface area (TPSA) is 154 Å². The highest BCUT2D eigenvalue weighted by Crippen LogP contribution is 2.42. The van der Waals surface area contributed by atoms with Crippen molar-refractivity contribution in [2.45, 2.75) is 12.5 Å². The molecule has 0 radical (unpaired) electrons. The van der Waals surface area contributed by atoms with Crippen LogP contribution in [0.4, 0.5) is 0 Å². The summed E-state index contributed by atoms with van der Waals surface area (Å²) in [7, 11) is 0. The lowest BCUT2D eigenvalue weighted by Gasteiger charge is -2.17. The Kier molecular flexibility index (Phi) is 5.96. The first-order valence-corrected chi connectivity index (χ1v) is 10.2. The number of carbonyl (C=O) groups is 3. The molecule has 4 rings (SSSR count). The van der Waals surface area contributed by atoms with Crippen molar-refractivity contribution >= 4 is 28.8 Å². The fraction of sp³-hybridized carbons (Fsp3) is 0.0769. The highest BCUT2D eigenvalue weighted by molar-refractivity contribution is 6.09. The number of amides is 1. The third-order valence-corrected chi connectivity index (χ3v) is 5.38. The lowest BCUT2D eigenvalue weighted by atomic mass is 9.89. The van der Waals surface area contributed by atoms with Crippen LogP contribution < -0.4 is 10.7 Å². The maximum absolute atomic E-state index is 12.6. The van der Waals surface area contributed by atoms with Crippen LogP contribution in [0.3, 0.4) is 0 Å². The average Bonchev–Trinajstić information content (AvgIpc) is 2.81. The predicted octanol–water partition coefficient (Wildman–Crippen LogP) is 3.17. The summed E-state index contributed by atoms with van der Waals surface area (Å²) < 4.78 is 5.78. The third-order valence-electron chi connectivity index (χ3n) is 5.38. The molecule has 2 aromatic rings. The van der Waals surface area contributed by atoms with Gasteiger partial charge in [-0.15, -0.1) is 12.3 Å². The van der Waals surface area contributed by atoms with Crippen LogP contribution in [0.2, 0.25) is 0 Å². The second kappa shape index (κ2) is 9.03. The Morgan fingerprint density at radius 3 is 2.43 bits per heavy atom. The quantitative estimate of drug-likeness (QED) is 0.247. The Hall–Kier alpha value is -5.10. The van der Waals surface area contributed by atoms with Crippen LogP contribution in [0, 0.1) is 12.3 Å². The van der Waals surface area contributed by atoms with Crippen molar-refractivity contribution in [2.24, 2.45) is 0 Å². The van der Waals surface area contributed by atoms with Gasteiger partial charge in [0, 0.05) is 40.6 Å². The molecule has 0 saturated carbocycles. The number of aliphatic carboxylic acids is 1. The maximum atomic E-state index is 12.6. The number of carboxylic acids is 2. The predicted molar refractivity (Wildman–Crippen MR) is 126 cm³/mol. The lowest BCUT2D eigenvalue weighted by Crippen LogP contribution is -2.40. The standard InChI is InChI=1S/C26H17NO8/c1-2-3-20(26(33)34)27-24(30)13-4-7-16(19(10-13)25(31)32)23-17-8-5-14(28)11-21(17)35-22-12-15(29)6-9-18(22)23/h1,4-12,20,28H,3H2,(H,27,30)(H,31,32)(H,33,34). The van der Waals surface area contributed by atoms with Crippen molar-refractivity contribution < 1.29 is 34.1 Å². The first-order valence-electron chi connectivity index (χ1n) is 10.2. The fourth-order valence-electron chi connectivity index (χ4n) is 3.79. The van der Waals surface area contributed by atoms with Crippen molar-refractivity contribution in [3.8, 4) is 40.5 Å². The zero-order chi connectivity index (χ0) is 25.3. The average molecular weight is 471 g/mol. The number of benzene rings is 3. The van der Waals surface area contributed by atoms with E-state index in [0.717, 1.165) is 6.07 Å². The van der Waals surface area contributed by atoms with E-state index in [1.54, 1.807) is 6.07 Å². The molecule has 2 aliphatic rings. The van der Waals surface area contributed by atoms with Crippen LogP contribution in [0.5, 0.6) is 5.75 Å². The number of nitrogens with one attached hydrogen (secondary N) is 1. The first kappa shape index (κ1) is 23.1. The van der Waals surface area contributed by atoms with E-state index >= 15 is 0 Å². The second-order valence-corrected chi connectivity index (χ2v) is 7.65. The molecule has 0 saturated heterocycles. The summed E-state index contributed by atoms with van der Waals surface area (Å²) in [4.78, 5) is 48.1. The van der Waals surface area contributed by atoms with E-state index in [9.17, 15) is 34.5 Å². The number of fused-ring (bicyclic) bond motifs is 2. The summed E-state index contributed by atoms with van der Waals surface area (Å²) in [5, 5.41) is 31.8. The van der Waals surface area contributed by atoms with E-state index in [2.05, 4.69) is 11.2 Å². The molecular weight excluding hydrogens is 454 g/mol. The molecule has 9 heteroatoms. The Morgan fingerprint density at radius 1 is 1.00 bits per heavy atom. The molecular formula is C26H17NO8. The molecule has 174 valence electrons. The molecule has 1 amide bonds. The number of carboxylic acid groups (broad SMARTS) is 2. The third kappa shape index (κ3) is 4.41. The van der Waals surface area contributed by atoms with E-state index in [4.69, 9.17) is 10.8 Å². The zero-order valence-electron chi connectivity index (χ0n) is 17.9. The van der Waals surface area contributed by atoms with E-state index in [0.29, 0.717) is 16.5 Å². The molecule has 1 atom stereocenters. The van der Waals surface area contributed by atoms with Crippen LogP contribution in [0.1, 0.15) is 27.1 Å². The number of phenols is 1. The molecule has 1 aliphatic carbocycles. The second-order valence-electron chi connectivity index (χ2n) is 7.65. The molecule has 2 aromatic carbocycles. The first-order chi connectivity index (χ1) is 16.7. The summed E-state index contributed by atoms with van der Waals surface area (Å²) >= 11 is 0. The molecule has 0 spiro atoms. The summed E-state index contributed by atoms with van der Waals surface area (Å²) in [6, 6.07) is 10.9. The monoisotopic (exact) mass is 471 g/mol. The molecule has 0 aromatic heterocycles. The van der Waals surface area contributed by atoms with E-state index in [1.807, 2.05) is 0 Å². The van der Waals surface area contributed by atoms with Crippen LogP contribution in [-0.2, 0) is 4.79 Å². The van der Waals surface area contributed by atoms with Gasteiger partial charge in [0.05, 0.1) is 5.56 Å². The van der Waals surface area contributed by atoms with Crippen LogP contribution in [-0.4, -0.2) is 39.2 Å². The minimum absolute atomic E-state index is 0.0804. The largest absolute Gasteiger partial charge is 0.508 e. The van der Waals surface area contributed by atoms with Gasteiger partial charge in [0.2, 0.25) is 0 Å². The van der Waals surface area contributed by atoms with Gasteiger partial charge in [-0.1, -0.05) is 6.07 Å². The van der Waals surface area contributed by atoms with Gasteiger partial charge < -0.3 is 25.1 Å². The lowest BCUT2D eigenvalue weighted by molar-refractivity contribution is -0.139. The van der Waals surface area contributed by atoms with Crippen LogP contribution in [0.25, 0.3) is 33.4 Å². The van der Waals surface area contributed by atoms with E-state index in [1.165, 1.54) is 42.5 Å². The van der Waals surface area contributed by atoms with Gasteiger partial charge in [0.25, 0.3) is 5.91 Å². The molecule has 9 nitrogen and oxygen atoms in total. The number of phenolic OH excluding ortho intramolecular Hbond substituents is 1. The van der Waals surface area contributed by atoms with Crippen molar-refractivity contribution in [1.29, 1.82) is 0 Å². The smallest absolute Gasteiger partial charge is 0.336 e. The molecule has 35 heavy (non-hydrogen) atoms. The van der Waals surface area contributed by atoms with Gasteiger partial charge >= 0.3 is 11.9 Å². The minimum Gasteiger partial charge on any atom is -0.508 e. The van der Waals surface area contributed by atoms with Gasteiger partial charge in [-0.3, -0.25) is 9.59 Å². The normalized spacial score (nSPS) is 11.6.